The number of nitrogens with one attached hydrogen (secondary N) is 2. The number of nitrogens with two attached hydrogens (primary N) is 1. The highest BCUT2D eigenvalue weighted by Crippen LogP contribution is 2.24. The first-order valence-electron chi connectivity index (χ1n) is 6.68. The predicted octanol–water partition coefficient (Wildman–Crippen LogP) is 1.28. The van der Waals surface area contributed by atoms with E-state index in [-0.39, 0.29) is 17.3 Å². The lowest BCUT2D eigenvalue weighted by Gasteiger charge is -2.12. The maximum Gasteiger partial charge on any atom is 0.253 e. The van der Waals surface area contributed by atoms with Crippen LogP contribution >= 0.6 is 23.1 Å². The van der Waals surface area contributed by atoms with E-state index in [4.69, 9.17) is 5.73 Å². The molecule has 0 saturated carbocycles. The second-order valence-electron chi connectivity index (χ2n) is 4.33. The number of carbonyl (C=O) groups is 1. The van der Waals surface area contributed by atoms with Crippen molar-refractivity contribution in [3.8, 4) is 0 Å². The van der Waals surface area contributed by atoms with E-state index in [1.807, 2.05) is 13.8 Å². The molecule has 0 spiro atoms. The van der Waals surface area contributed by atoms with Crippen molar-refractivity contribution in [2.24, 2.45) is 0 Å². The maximum atomic E-state index is 12.3. The molecule has 10 heteroatoms. The minimum absolute atomic E-state index is 0.123. The zero-order valence-corrected chi connectivity index (χ0v) is 13.8. The number of amides is 1. The Labute approximate surface area is 135 Å². The van der Waals surface area contributed by atoms with Gasteiger partial charge in [-0.15, -0.1) is 10.2 Å². The smallest absolute Gasteiger partial charge is 0.253 e. The summed E-state index contributed by atoms with van der Waals surface area (Å²) < 4.78 is 0. The Morgan fingerprint density at radius 2 is 2.27 bits per heavy atom. The van der Waals surface area contributed by atoms with E-state index >= 15 is 0 Å². The number of hydrogen-bond acceptors (Lipinski definition) is 8. The average molecular weight is 340 g/mol. The maximum absolute atomic E-state index is 12.3. The molecule has 2 heterocycles. The quantitative estimate of drug-likeness (QED) is 0.534. The van der Waals surface area contributed by atoms with E-state index in [0.29, 0.717) is 16.7 Å². The number of anilines is 2. The predicted molar refractivity (Wildman–Crippen MR) is 87.1 cm³/mol. The minimum Gasteiger partial charge on any atom is -0.383 e. The summed E-state index contributed by atoms with van der Waals surface area (Å²) in [7, 11) is 0. The summed E-state index contributed by atoms with van der Waals surface area (Å²) in [6.07, 6.45) is 1.34. The summed E-state index contributed by atoms with van der Waals surface area (Å²) in [4.78, 5) is 30.2. The van der Waals surface area contributed by atoms with Gasteiger partial charge >= 0.3 is 0 Å². The molecule has 0 aliphatic rings. The molecule has 0 aliphatic carbocycles. The second-order valence-corrected chi connectivity index (χ2v) is 6.59. The number of carbonyl (C=O) groups excluding carboxylic acids is 1. The van der Waals surface area contributed by atoms with E-state index in [0.717, 1.165) is 23.2 Å². The third-order valence-electron chi connectivity index (χ3n) is 2.66. The fourth-order valence-corrected chi connectivity index (χ4v) is 3.20. The van der Waals surface area contributed by atoms with Crippen LogP contribution < -0.4 is 16.6 Å². The van der Waals surface area contributed by atoms with Crippen molar-refractivity contribution >= 4 is 40.0 Å². The molecule has 8 nitrogen and oxygen atoms in total. The molecule has 0 fully saturated rings. The Balaban J connectivity index is 2.06. The normalized spacial score (nSPS) is 12.1. The van der Waals surface area contributed by atoms with Gasteiger partial charge in [-0.05, 0) is 12.8 Å². The Hall–Kier alpha value is -1.94. The van der Waals surface area contributed by atoms with Gasteiger partial charge in [0.1, 0.15) is 10.8 Å². The highest BCUT2D eigenvalue weighted by atomic mass is 32.2. The zero-order valence-electron chi connectivity index (χ0n) is 12.1. The van der Waals surface area contributed by atoms with Crippen LogP contribution in [0.15, 0.2) is 16.0 Å². The molecular weight excluding hydrogens is 324 g/mol. The molecule has 0 saturated heterocycles. The molecular formula is C12H16N6O2S2. The van der Waals surface area contributed by atoms with Crippen LogP contribution in [0.5, 0.6) is 0 Å². The molecule has 2 rings (SSSR count). The number of thioether (sulfide) groups is 1. The largest absolute Gasteiger partial charge is 0.383 e. The van der Waals surface area contributed by atoms with Crippen LogP contribution in [-0.2, 0) is 11.2 Å². The van der Waals surface area contributed by atoms with Crippen molar-refractivity contribution in [1.29, 1.82) is 0 Å². The molecule has 4 N–H and O–H groups in total. The van der Waals surface area contributed by atoms with Gasteiger partial charge in [-0.3, -0.25) is 14.9 Å². The lowest BCUT2D eigenvalue weighted by Crippen LogP contribution is -2.25. The molecule has 1 atom stereocenters. The second kappa shape index (κ2) is 7.36. The molecule has 22 heavy (non-hydrogen) atoms. The topological polar surface area (TPSA) is 127 Å². The minimum atomic E-state index is -0.418. The Morgan fingerprint density at radius 1 is 1.50 bits per heavy atom. The molecule has 0 aliphatic heterocycles. The monoisotopic (exact) mass is 340 g/mol. The van der Waals surface area contributed by atoms with Gasteiger partial charge in [0.05, 0.1) is 5.25 Å². The summed E-state index contributed by atoms with van der Waals surface area (Å²) in [5, 5.41) is 11.8. The van der Waals surface area contributed by atoms with E-state index in [1.54, 1.807) is 0 Å². The number of hydrogen-bond donors (Lipinski definition) is 3. The molecule has 2 aromatic heterocycles. The SMILES string of the molecule is CCc1nnc(NC(=O)C(CC)Sc2nc(N)cc(=O)[nH]2)s1. The van der Waals surface area contributed by atoms with Gasteiger partial charge < -0.3 is 10.7 Å². The van der Waals surface area contributed by atoms with E-state index in [1.165, 1.54) is 17.4 Å². The zero-order chi connectivity index (χ0) is 16.1. The molecule has 1 amide bonds. The molecule has 0 radical (unpaired) electrons. The van der Waals surface area contributed by atoms with Crippen LogP contribution in [-0.4, -0.2) is 31.3 Å². The lowest BCUT2D eigenvalue weighted by atomic mass is 10.3. The van der Waals surface area contributed by atoms with Crippen LogP contribution in [0.25, 0.3) is 0 Å². The molecule has 1 unspecified atom stereocenters. The number of rotatable bonds is 6. The van der Waals surface area contributed by atoms with Gasteiger partial charge in [0.2, 0.25) is 11.0 Å². The molecule has 118 valence electrons. The Morgan fingerprint density at radius 3 is 2.86 bits per heavy atom. The first-order chi connectivity index (χ1) is 10.5. The van der Waals surface area contributed by atoms with E-state index in [2.05, 4.69) is 25.5 Å². The number of nitrogens with zero attached hydrogens (tertiary/aromatic N) is 3. The van der Waals surface area contributed by atoms with Crippen molar-refractivity contribution in [3.63, 3.8) is 0 Å². The van der Waals surface area contributed by atoms with Gasteiger partial charge in [-0.2, -0.15) is 0 Å². The van der Waals surface area contributed by atoms with Gasteiger partial charge in [0.15, 0.2) is 5.16 Å². The number of aromatic amines is 1. The summed E-state index contributed by atoms with van der Waals surface area (Å²) in [6.45, 7) is 3.85. The van der Waals surface area contributed by atoms with Crippen LogP contribution in [0.2, 0.25) is 0 Å². The molecule has 2 aromatic rings. The fraction of sp³-hybridized carbons (Fsp3) is 0.417. The number of aryl methyl sites for hydroxylation is 1. The third-order valence-corrected chi connectivity index (χ3v) is 4.89. The third kappa shape index (κ3) is 4.28. The van der Waals surface area contributed by atoms with Gasteiger partial charge in [-0.1, -0.05) is 36.9 Å². The van der Waals surface area contributed by atoms with Crippen LogP contribution in [0.3, 0.4) is 0 Å². The molecule has 0 bridgehead atoms. The van der Waals surface area contributed by atoms with Crippen LogP contribution in [0, 0.1) is 0 Å². The van der Waals surface area contributed by atoms with Gasteiger partial charge in [0.25, 0.3) is 5.56 Å². The van der Waals surface area contributed by atoms with Gasteiger partial charge in [-0.25, -0.2) is 4.98 Å². The first-order valence-corrected chi connectivity index (χ1v) is 8.38. The van der Waals surface area contributed by atoms with E-state index < -0.39 is 5.25 Å². The van der Waals surface area contributed by atoms with Crippen molar-refractivity contribution in [2.45, 2.75) is 37.1 Å². The Kier molecular flexibility index (Phi) is 5.50. The van der Waals surface area contributed by atoms with Crippen molar-refractivity contribution in [2.75, 3.05) is 11.1 Å². The summed E-state index contributed by atoms with van der Waals surface area (Å²) >= 11 is 2.50. The van der Waals surface area contributed by atoms with Crippen LogP contribution in [0.4, 0.5) is 10.9 Å². The van der Waals surface area contributed by atoms with E-state index in [9.17, 15) is 9.59 Å². The number of H-pyrrole nitrogens is 1. The fourth-order valence-electron chi connectivity index (χ4n) is 1.60. The Bertz CT molecular complexity index is 714. The number of nitrogen functional groups attached to an aromatic ring is 1. The number of aromatic nitrogens is 4. The average Bonchev–Trinajstić information content (AvgIpc) is 2.91. The summed E-state index contributed by atoms with van der Waals surface area (Å²) in [6, 6.07) is 1.19. The van der Waals surface area contributed by atoms with Crippen molar-refractivity contribution < 1.29 is 4.79 Å². The highest BCUT2D eigenvalue weighted by Gasteiger charge is 2.20. The first kappa shape index (κ1) is 16.4. The standard InChI is InChI=1S/C12H16N6O2S2/c1-3-6(21-11-14-7(13)5-8(19)15-11)10(20)16-12-18-17-9(4-2)22-12/h5-6H,3-4H2,1-2H3,(H,16,18,20)(H3,13,14,15,19). The van der Waals surface area contributed by atoms with Crippen LogP contribution in [0.1, 0.15) is 25.3 Å². The molecule has 0 aromatic carbocycles. The summed E-state index contributed by atoms with van der Waals surface area (Å²) in [5.41, 5.74) is 5.19. The highest BCUT2D eigenvalue weighted by molar-refractivity contribution is 8.00. The van der Waals surface area contributed by atoms with Crippen molar-refractivity contribution in [3.05, 3.63) is 21.4 Å². The van der Waals surface area contributed by atoms with Crippen molar-refractivity contribution in [1.82, 2.24) is 20.2 Å². The van der Waals surface area contributed by atoms with Gasteiger partial charge in [0, 0.05) is 6.07 Å². The lowest BCUT2D eigenvalue weighted by molar-refractivity contribution is -0.115. The summed E-state index contributed by atoms with van der Waals surface area (Å²) in [5.74, 6) is -0.0883.